The first-order valence-electron chi connectivity index (χ1n) is 9.39. The molecule has 0 fully saturated rings. The zero-order valence-electron chi connectivity index (χ0n) is 15.3. The molecule has 3 aromatic heterocycles. The minimum absolute atomic E-state index is 0.685. The molecule has 1 aromatic carbocycles. The summed E-state index contributed by atoms with van der Waals surface area (Å²) < 4.78 is 2.34. The van der Waals surface area contributed by atoms with Gasteiger partial charge in [0, 0.05) is 34.9 Å². The fourth-order valence-corrected chi connectivity index (χ4v) is 5.29. The Morgan fingerprint density at radius 2 is 1.79 bits per heavy atom. The summed E-state index contributed by atoms with van der Waals surface area (Å²) >= 11 is 3.34. The summed E-state index contributed by atoms with van der Waals surface area (Å²) in [5.74, 6) is 1.47. The number of nitrogens with zero attached hydrogens (tertiary/aromatic N) is 5. The average Bonchev–Trinajstić information content (AvgIpc) is 3.38. The lowest BCUT2D eigenvalue weighted by atomic mass is 10.0. The van der Waals surface area contributed by atoms with Gasteiger partial charge in [-0.05, 0) is 43.9 Å². The smallest absolute Gasteiger partial charge is 0.188 e. The maximum absolute atomic E-state index is 4.98. The molecule has 0 aliphatic heterocycles. The number of thioether (sulfide) groups is 1. The topological polar surface area (TPSA) is 56.5 Å². The van der Waals surface area contributed by atoms with Crippen molar-refractivity contribution in [1.82, 2.24) is 24.5 Å². The highest BCUT2D eigenvalue weighted by Crippen LogP contribution is 2.32. The minimum atomic E-state index is 0.685. The summed E-state index contributed by atoms with van der Waals surface area (Å²) in [6.07, 6.45) is 8.15. The van der Waals surface area contributed by atoms with Gasteiger partial charge < -0.3 is 0 Å². The van der Waals surface area contributed by atoms with E-state index in [-0.39, 0.29) is 0 Å². The van der Waals surface area contributed by atoms with Crippen molar-refractivity contribution in [2.24, 2.45) is 0 Å². The third-order valence-electron chi connectivity index (χ3n) is 4.77. The van der Waals surface area contributed by atoms with E-state index in [0.717, 1.165) is 34.5 Å². The Labute approximate surface area is 171 Å². The molecule has 5 nitrogen and oxygen atoms in total. The Hall–Kier alpha value is -2.51. The standard InChI is InChI=1S/C21H19N5S2/c1-2-7-16(8-3-1)26-18-10-5-4-9-17(18)25-21(26)28-14-15-13-27-20(24-15)19-22-11-6-12-23-19/h1-3,6-8,11-13H,4-5,9-10,14H2. The first-order chi connectivity index (χ1) is 13.9. The van der Waals surface area contributed by atoms with Crippen molar-refractivity contribution in [2.75, 3.05) is 0 Å². The predicted octanol–water partition coefficient (Wildman–Crippen LogP) is 4.96. The number of aryl methyl sites for hydroxylation is 1. The first kappa shape index (κ1) is 17.6. The van der Waals surface area contributed by atoms with Crippen LogP contribution in [0.3, 0.4) is 0 Å². The molecule has 0 unspecified atom stereocenters. The molecule has 28 heavy (non-hydrogen) atoms. The van der Waals surface area contributed by atoms with Crippen LogP contribution in [0.15, 0.2) is 59.3 Å². The van der Waals surface area contributed by atoms with E-state index >= 15 is 0 Å². The number of benzene rings is 1. The van der Waals surface area contributed by atoms with E-state index in [1.807, 2.05) is 6.07 Å². The third-order valence-corrected chi connectivity index (χ3v) is 6.63. The van der Waals surface area contributed by atoms with Crippen molar-refractivity contribution in [3.05, 3.63) is 71.3 Å². The Balaban J connectivity index is 1.42. The van der Waals surface area contributed by atoms with Crippen LogP contribution in [0.2, 0.25) is 0 Å². The molecule has 1 aliphatic carbocycles. The maximum Gasteiger partial charge on any atom is 0.188 e. The van der Waals surface area contributed by atoms with Gasteiger partial charge in [-0.2, -0.15) is 0 Å². The largest absolute Gasteiger partial charge is 0.292 e. The molecule has 140 valence electrons. The zero-order chi connectivity index (χ0) is 18.8. The Morgan fingerprint density at radius 3 is 2.64 bits per heavy atom. The number of thiazole rings is 1. The van der Waals surface area contributed by atoms with E-state index in [1.54, 1.807) is 35.5 Å². The lowest BCUT2D eigenvalue weighted by Crippen LogP contribution is -2.07. The van der Waals surface area contributed by atoms with Gasteiger partial charge in [0.05, 0.1) is 11.4 Å². The van der Waals surface area contributed by atoms with Crippen LogP contribution in [0.4, 0.5) is 0 Å². The van der Waals surface area contributed by atoms with Crippen molar-refractivity contribution >= 4 is 23.1 Å². The molecular formula is C21H19N5S2. The number of rotatable bonds is 5. The van der Waals surface area contributed by atoms with Gasteiger partial charge in [0.15, 0.2) is 16.0 Å². The summed E-state index contributed by atoms with van der Waals surface area (Å²) in [5, 5.41) is 4.01. The molecule has 0 radical (unpaired) electrons. The van der Waals surface area contributed by atoms with Crippen LogP contribution in [0, 0.1) is 0 Å². The molecule has 0 N–H and O–H groups in total. The summed E-state index contributed by atoms with van der Waals surface area (Å²) in [5.41, 5.74) is 4.86. The van der Waals surface area contributed by atoms with Gasteiger partial charge >= 0.3 is 0 Å². The lowest BCUT2D eigenvalue weighted by Gasteiger charge is -2.15. The molecule has 5 rings (SSSR count). The number of imidazole rings is 1. The number of para-hydroxylation sites is 1. The van der Waals surface area contributed by atoms with E-state index in [9.17, 15) is 0 Å². The Kier molecular flexibility index (Phi) is 4.93. The van der Waals surface area contributed by atoms with Gasteiger partial charge in [-0.1, -0.05) is 30.0 Å². The second-order valence-corrected chi connectivity index (χ2v) is 8.47. The van der Waals surface area contributed by atoms with Gasteiger partial charge in [-0.3, -0.25) is 4.57 Å². The summed E-state index contributed by atoms with van der Waals surface area (Å²) in [4.78, 5) is 18.3. The fourth-order valence-electron chi connectivity index (χ4n) is 3.48. The van der Waals surface area contributed by atoms with Crippen LogP contribution in [0.1, 0.15) is 29.9 Å². The minimum Gasteiger partial charge on any atom is -0.292 e. The summed E-state index contributed by atoms with van der Waals surface area (Å²) in [6.45, 7) is 0. The Morgan fingerprint density at radius 1 is 0.964 bits per heavy atom. The SMILES string of the molecule is c1ccc(-n2c(SCc3csc(-c4ncccn4)n3)nc3c2CCCC3)cc1. The van der Waals surface area contributed by atoms with Crippen LogP contribution >= 0.6 is 23.1 Å². The molecule has 0 amide bonds. The molecule has 0 atom stereocenters. The van der Waals surface area contributed by atoms with E-state index in [0.29, 0.717) is 5.82 Å². The van der Waals surface area contributed by atoms with Crippen LogP contribution in [-0.4, -0.2) is 24.5 Å². The quantitative estimate of drug-likeness (QED) is 0.439. The van der Waals surface area contributed by atoms with E-state index in [2.05, 4.69) is 50.2 Å². The van der Waals surface area contributed by atoms with Crippen molar-refractivity contribution in [3.8, 4) is 16.5 Å². The van der Waals surface area contributed by atoms with Crippen LogP contribution in [0.5, 0.6) is 0 Å². The number of fused-ring (bicyclic) bond motifs is 1. The number of hydrogen-bond acceptors (Lipinski definition) is 6. The summed E-state index contributed by atoms with van der Waals surface area (Å²) in [6, 6.07) is 12.4. The van der Waals surface area contributed by atoms with E-state index in [1.165, 1.54) is 29.9 Å². The maximum atomic E-state index is 4.98. The molecule has 0 saturated carbocycles. The molecular weight excluding hydrogens is 386 g/mol. The monoisotopic (exact) mass is 405 g/mol. The van der Waals surface area contributed by atoms with Gasteiger partial charge in [-0.25, -0.2) is 19.9 Å². The highest BCUT2D eigenvalue weighted by molar-refractivity contribution is 7.98. The van der Waals surface area contributed by atoms with E-state index < -0.39 is 0 Å². The van der Waals surface area contributed by atoms with E-state index in [4.69, 9.17) is 9.97 Å². The number of aromatic nitrogens is 5. The molecule has 0 spiro atoms. The van der Waals surface area contributed by atoms with Crippen molar-refractivity contribution in [1.29, 1.82) is 0 Å². The molecule has 3 heterocycles. The van der Waals surface area contributed by atoms with Crippen molar-refractivity contribution in [2.45, 2.75) is 36.6 Å². The highest BCUT2D eigenvalue weighted by Gasteiger charge is 2.21. The second kappa shape index (κ2) is 7.85. The Bertz CT molecular complexity index is 1070. The summed E-state index contributed by atoms with van der Waals surface area (Å²) in [7, 11) is 0. The molecule has 0 bridgehead atoms. The molecule has 1 aliphatic rings. The fraction of sp³-hybridized carbons (Fsp3) is 0.238. The van der Waals surface area contributed by atoms with Gasteiger partial charge in [0.1, 0.15) is 0 Å². The van der Waals surface area contributed by atoms with Crippen LogP contribution in [-0.2, 0) is 18.6 Å². The third kappa shape index (κ3) is 3.47. The van der Waals surface area contributed by atoms with Gasteiger partial charge in [0.2, 0.25) is 0 Å². The number of hydrogen-bond donors (Lipinski definition) is 0. The first-order valence-corrected chi connectivity index (χ1v) is 11.3. The molecule has 4 aromatic rings. The lowest BCUT2D eigenvalue weighted by molar-refractivity contribution is 0.654. The molecule has 0 saturated heterocycles. The van der Waals surface area contributed by atoms with Crippen molar-refractivity contribution in [3.63, 3.8) is 0 Å². The normalized spacial score (nSPS) is 13.4. The highest BCUT2D eigenvalue weighted by atomic mass is 32.2. The van der Waals surface area contributed by atoms with Crippen LogP contribution in [0.25, 0.3) is 16.5 Å². The van der Waals surface area contributed by atoms with Crippen LogP contribution < -0.4 is 0 Å². The van der Waals surface area contributed by atoms with Crippen molar-refractivity contribution < 1.29 is 0 Å². The predicted molar refractivity (Wildman–Crippen MR) is 113 cm³/mol. The zero-order valence-corrected chi connectivity index (χ0v) is 16.9. The average molecular weight is 406 g/mol. The van der Waals surface area contributed by atoms with Gasteiger partial charge in [0.25, 0.3) is 0 Å². The molecule has 7 heteroatoms. The second-order valence-electron chi connectivity index (χ2n) is 6.67. The van der Waals surface area contributed by atoms with Gasteiger partial charge in [-0.15, -0.1) is 11.3 Å².